The van der Waals surface area contributed by atoms with Gasteiger partial charge >= 0.3 is 10.1 Å². The largest absolute Gasteiger partial charge is 0.493 e. The van der Waals surface area contributed by atoms with Crippen molar-refractivity contribution in [3.8, 4) is 28.4 Å². The maximum atomic E-state index is 13.4. The number of aryl methyl sites for hydroxylation is 1. The van der Waals surface area contributed by atoms with Crippen molar-refractivity contribution in [3.63, 3.8) is 0 Å². The summed E-state index contributed by atoms with van der Waals surface area (Å²) in [7, 11) is -4.21. The number of para-hydroxylation sites is 1. The molecule has 0 amide bonds. The molecule has 9 nitrogen and oxygen atoms in total. The third-order valence-electron chi connectivity index (χ3n) is 6.77. The molecule has 10 heteroatoms. The Morgan fingerprint density at radius 3 is 2.33 bits per heavy atom. The van der Waals surface area contributed by atoms with Crippen LogP contribution in [0.3, 0.4) is 0 Å². The fourth-order valence-electron chi connectivity index (χ4n) is 4.56. The van der Waals surface area contributed by atoms with E-state index in [9.17, 15) is 8.42 Å². The van der Waals surface area contributed by atoms with Gasteiger partial charge in [-0.3, -0.25) is 10.2 Å². The van der Waals surface area contributed by atoms with Crippen LogP contribution in [0.15, 0.2) is 102 Å². The predicted octanol–water partition coefficient (Wildman–Crippen LogP) is 5.53. The zero-order valence-electron chi connectivity index (χ0n) is 23.2. The smallest absolute Gasteiger partial charge is 0.342 e. The fraction of sp³-hybridized carbons (Fsp3) is 0.219. The highest BCUT2D eigenvalue weighted by Gasteiger charge is 2.24. The lowest BCUT2D eigenvalue weighted by molar-refractivity contribution is -0.149. The fourth-order valence-corrected chi connectivity index (χ4v) is 5.61. The number of benzene rings is 4. The van der Waals surface area contributed by atoms with Crippen LogP contribution in [0.25, 0.3) is 11.1 Å². The number of guanidine groups is 1. The Morgan fingerprint density at radius 1 is 0.929 bits per heavy atom. The molecule has 0 radical (unpaired) electrons. The number of hydrogen-bond acceptors (Lipinski definition) is 7. The molecule has 218 valence electrons. The monoisotopic (exact) mass is 587 g/mol. The van der Waals surface area contributed by atoms with Gasteiger partial charge in [-0.25, -0.2) is 5.06 Å². The minimum Gasteiger partial charge on any atom is -0.493 e. The Bertz CT molecular complexity index is 1620. The molecule has 1 unspecified atom stereocenters. The molecule has 0 saturated carbocycles. The topological polar surface area (TPSA) is 124 Å². The number of nitrogens with zero attached hydrogens (tertiary/aromatic N) is 1. The zero-order chi connectivity index (χ0) is 29.5. The second kappa shape index (κ2) is 13.0. The zero-order valence-corrected chi connectivity index (χ0v) is 24.0. The minimum absolute atomic E-state index is 0.0655. The van der Waals surface area contributed by atoms with E-state index < -0.39 is 10.1 Å². The van der Waals surface area contributed by atoms with E-state index in [1.54, 1.807) is 30.3 Å². The molecule has 0 aromatic heterocycles. The maximum absolute atomic E-state index is 13.4. The second-order valence-corrected chi connectivity index (χ2v) is 11.6. The van der Waals surface area contributed by atoms with Gasteiger partial charge in [-0.05, 0) is 59.9 Å². The van der Waals surface area contributed by atoms with Crippen molar-refractivity contribution in [1.29, 1.82) is 5.41 Å². The normalized spacial score (nSPS) is 15.2. The highest BCUT2D eigenvalue weighted by atomic mass is 32.2. The summed E-state index contributed by atoms with van der Waals surface area (Å²) in [6.07, 6.45) is 0.747. The highest BCUT2D eigenvalue weighted by Crippen LogP contribution is 2.30. The molecule has 1 aliphatic heterocycles. The lowest BCUT2D eigenvalue weighted by Crippen LogP contribution is -2.43. The van der Waals surface area contributed by atoms with Crippen molar-refractivity contribution >= 4 is 16.1 Å². The molecular weight excluding hydrogens is 554 g/mol. The van der Waals surface area contributed by atoms with Crippen LogP contribution in [0.2, 0.25) is 0 Å². The molecule has 5 rings (SSSR count). The minimum atomic E-state index is -4.21. The molecule has 4 aromatic carbocycles. The Hall–Kier alpha value is -4.54. The van der Waals surface area contributed by atoms with Gasteiger partial charge in [-0.15, -0.1) is 0 Å². The molecule has 1 heterocycles. The van der Waals surface area contributed by atoms with Gasteiger partial charge in [0, 0.05) is 18.5 Å². The molecule has 1 atom stereocenters. The first-order valence-electron chi connectivity index (χ1n) is 13.6. The summed E-state index contributed by atoms with van der Waals surface area (Å²) in [5.41, 5.74) is 9.35. The second-order valence-electron chi connectivity index (χ2n) is 10.1. The molecule has 0 bridgehead atoms. The van der Waals surface area contributed by atoms with Crippen molar-refractivity contribution in [2.24, 2.45) is 11.7 Å². The van der Waals surface area contributed by atoms with Gasteiger partial charge in [0.25, 0.3) is 0 Å². The third-order valence-corrected chi connectivity index (χ3v) is 8.05. The summed E-state index contributed by atoms with van der Waals surface area (Å²) in [5.74, 6) is 0.801. The van der Waals surface area contributed by atoms with E-state index in [0.717, 1.165) is 28.7 Å². The van der Waals surface area contributed by atoms with Gasteiger partial charge in [0.2, 0.25) is 5.96 Å². The molecule has 3 N–H and O–H groups in total. The van der Waals surface area contributed by atoms with E-state index in [4.69, 9.17) is 29.6 Å². The Balaban J connectivity index is 1.23. The average Bonchev–Trinajstić information content (AvgIpc) is 2.99. The summed E-state index contributed by atoms with van der Waals surface area (Å²) in [4.78, 5) is 5.41. The maximum Gasteiger partial charge on any atom is 0.342 e. The predicted molar refractivity (Wildman–Crippen MR) is 160 cm³/mol. The van der Waals surface area contributed by atoms with Gasteiger partial charge in [-0.2, -0.15) is 8.42 Å². The van der Waals surface area contributed by atoms with E-state index in [1.807, 2.05) is 67.6 Å². The van der Waals surface area contributed by atoms with E-state index in [2.05, 4.69) is 0 Å². The molecule has 4 aromatic rings. The molecule has 42 heavy (non-hydrogen) atoms. The van der Waals surface area contributed by atoms with Crippen molar-refractivity contribution in [2.75, 3.05) is 19.8 Å². The van der Waals surface area contributed by atoms with Crippen LogP contribution in [-0.4, -0.2) is 39.2 Å². The number of ether oxygens (including phenoxy) is 2. The lowest BCUT2D eigenvalue weighted by atomic mass is 10.0. The molecule has 1 fully saturated rings. The Morgan fingerprint density at radius 2 is 1.62 bits per heavy atom. The SMILES string of the molecule is Cc1cc(OCC2CCN(C(=N)N)OC2)cc(OS(=O)(=O)c2ccccc2OCc2ccc(-c3ccccc3)cc2)c1. The average molecular weight is 588 g/mol. The van der Waals surface area contributed by atoms with Crippen molar-refractivity contribution < 1.29 is 26.9 Å². The summed E-state index contributed by atoms with van der Waals surface area (Å²) < 4.78 is 44.2. The number of hydrogen-bond donors (Lipinski definition) is 2. The van der Waals surface area contributed by atoms with E-state index in [-0.39, 0.29) is 34.9 Å². The first-order valence-corrected chi connectivity index (χ1v) is 15.0. The van der Waals surface area contributed by atoms with Crippen LogP contribution in [0.5, 0.6) is 17.2 Å². The Labute approximate surface area is 246 Å². The molecule has 1 aliphatic rings. The summed E-state index contributed by atoms with van der Waals surface area (Å²) in [5, 5.41) is 8.81. The van der Waals surface area contributed by atoms with Crippen LogP contribution in [0.4, 0.5) is 0 Å². The number of rotatable bonds is 10. The molecule has 0 spiro atoms. The summed E-state index contributed by atoms with van der Waals surface area (Å²) in [6, 6.07) is 29.4. The number of nitrogens with one attached hydrogen (secondary N) is 1. The van der Waals surface area contributed by atoms with Gasteiger partial charge < -0.3 is 19.4 Å². The lowest BCUT2D eigenvalue weighted by Gasteiger charge is -2.31. The van der Waals surface area contributed by atoms with Crippen LogP contribution in [-0.2, 0) is 21.6 Å². The number of nitrogens with two attached hydrogens (primary N) is 1. The molecular formula is C32H33N3O6S. The van der Waals surface area contributed by atoms with Crippen LogP contribution >= 0.6 is 0 Å². The summed E-state index contributed by atoms with van der Waals surface area (Å²) >= 11 is 0. The van der Waals surface area contributed by atoms with Gasteiger partial charge in [0.05, 0.1) is 13.2 Å². The molecule has 0 aliphatic carbocycles. The van der Waals surface area contributed by atoms with E-state index in [1.165, 1.54) is 11.1 Å². The van der Waals surface area contributed by atoms with Crippen LogP contribution in [0.1, 0.15) is 17.5 Å². The Kier molecular flexibility index (Phi) is 8.94. The van der Waals surface area contributed by atoms with Gasteiger partial charge in [-0.1, -0.05) is 66.7 Å². The van der Waals surface area contributed by atoms with Gasteiger partial charge in [0.1, 0.15) is 28.8 Å². The van der Waals surface area contributed by atoms with Crippen molar-refractivity contribution in [3.05, 3.63) is 108 Å². The van der Waals surface area contributed by atoms with Crippen molar-refractivity contribution in [2.45, 2.75) is 24.8 Å². The standard InChI is InChI=1S/C32H33N3O6S/c1-23-17-28(38-21-25-15-16-35(32(33)34)40-22-25)19-29(18-23)41-42(36,37)31-10-6-5-9-30(31)39-20-24-11-13-27(14-12-24)26-7-3-2-4-8-26/h2-14,17-19,25H,15-16,20-22H2,1H3,(H3,33,34). The van der Waals surface area contributed by atoms with Crippen LogP contribution in [0, 0.1) is 18.3 Å². The quantitative estimate of drug-likeness (QED) is 0.141. The third kappa shape index (κ3) is 7.39. The van der Waals surface area contributed by atoms with Crippen LogP contribution < -0.4 is 19.4 Å². The van der Waals surface area contributed by atoms with Crippen molar-refractivity contribution in [1.82, 2.24) is 5.06 Å². The first-order chi connectivity index (χ1) is 20.3. The highest BCUT2D eigenvalue weighted by molar-refractivity contribution is 7.87. The van der Waals surface area contributed by atoms with E-state index in [0.29, 0.717) is 25.5 Å². The molecule has 1 saturated heterocycles. The summed E-state index contributed by atoms with van der Waals surface area (Å²) in [6.45, 7) is 3.27. The van der Waals surface area contributed by atoms with E-state index >= 15 is 0 Å². The first kappa shape index (κ1) is 29.0. The number of hydroxylamine groups is 2. The van der Waals surface area contributed by atoms with Gasteiger partial charge in [0.15, 0.2) is 0 Å².